The van der Waals surface area contributed by atoms with Gasteiger partial charge in [-0.1, -0.05) is 6.92 Å². The maximum atomic E-state index is 6.10. The smallest absolute Gasteiger partial charge is 0.201 e. The Morgan fingerprint density at radius 3 is 2.76 bits per heavy atom. The van der Waals surface area contributed by atoms with Crippen LogP contribution < -0.4 is 10.5 Å². The first-order chi connectivity index (χ1) is 10.2. The Labute approximate surface area is 125 Å². The first-order valence-corrected chi connectivity index (χ1v) is 7.69. The number of likely N-dealkylation sites (tertiary alicyclic amines) is 1. The number of hydrogen-bond acceptors (Lipinski definition) is 4. The van der Waals surface area contributed by atoms with Crippen molar-refractivity contribution >= 4 is 17.0 Å². The largest absolute Gasteiger partial charge is 0.497 e. The lowest BCUT2D eigenvalue weighted by atomic mass is 10.1. The highest BCUT2D eigenvalue weighted by molar-refractivity contribution is 5.79. The Bertz CT molecular complexity index is 616. The SMILES string of the molecule is COc1ccc2nc(N)n(CC(C)CN3CCCC3)c2c1. The fourth-order valence-electron chi connectivity index (χ4n) is 3.22. The number of rotatable bonds is 5. The predicted octanol–water partition coefficient (Wildman–Crippen LogP) is 2.36. The molecule has 1 aromatic heterocycles. The van der Waals surface area contributed by atoms with Crippen LogP contribution in [0, 0.1) is 5.92 Å². The topological polar surface area (TPSA) is 56.3 Å². The molecular formula is C16H24N4O. The number of nitrogen functional groups attached to an aromatic ring is 1. The van der Waals surface area contributed by atoms with Gasteiger partial charge in [0.05, 0.1) is 18.1 Å². The molecule has 1 atom stereocenters. The molecule has 3 rings (SSSR count). The lowest BCUT2D eigenvalue weighted by Gasteiger charge is -2.21. The van der Waals surface area contributed by atoms with Crippen LogP contribution in [0.5, 0.6) is 5.75 Å². The van der Waals surface area contributed by atoms with Crippen molar-refractivity contribution in [2.24, 2.45) is 5.92 Å². The number of aromatic nitrogens is 2. The van der Waals surface area contributed by atoms with E-state index in [9.17, 15) is 0 Å². The van der Waals surface area contributed by atoms with Crippen LogP contribution in [0.4, 0.5) is 5.95 Å². The minimum atomic E-state index is 0.550. The zero-order chi connectivity index (χ0) is 14.8. The summed E-state index contributed by atoms with van der Waals surface area (Å²) in [5.74, 6) is 1.98. The van der Waals surface area contributed by atoms with Crippen molar-refractivity contribution in [3.8, 4) is 5.75 Å². The van der Waals surface area contributed by atoms with Crippen molar-refractivity contribution in [1.29, 1.82) is 0 Å². The quantitative estimate of drug-likeness (QED) is 0.917. The summed E-state index contributed by atoms with van der Waals surface area (Å²) in [7, 11) is 1.68. The molecule has 0 aliphatic carbocycles. The fraction of sp³-hybridized carbons (Fsp3) is 0.562. The van der Waals surface area contributed by atoms with Crippen LogP contribution in [0.1, 0.15) is 19.8 Å². The monoisotopic (exact) mass is 288 g/mol. The van der Waals surface area contributed by atoms with Crippen LogP contribution in [0.3, 0.4) is 0 Å². The molecule has 1 aliphatic rings. The molecule has 1 saturated heterocycles. The van der Waals surface area contributed by atoms with Gasteiger partial charge in [-0.25, -0.2) is 4.98 Å². The summed E-state index contributed by atoms with van der Waals surface area (Å²) in [6.07, 6.45) is 2.67. The van der Waals surface area contributed by atoms with E-state index in [2.05, 4.69) is 21.4 Å². The molecule has 1 aliphatic heterocycles. The van der Waals surface area contributed by atoms with Gasteiger partial charge < -0.3 is 19.9 Å². The second kappa shape index (κ2) is 5.93. The van der Waals surface area contributed by atoms with Crippen molar-refractivity contribution in [2.75, 3.05) is 32.5 Å². The molecule has 0 radical (unpaired) electrons. The van der Waals surface area contributed by atoms with Crippen molar-refractivity contribution < 1.29 is 4.74 Å². The highest BCUT2D eigenvalue weighted by Gasteiger charge is 2.17. The molecule has 21 heavy (non-hydrogen) atoms. The molecule has 2 aromatic rings. The van der Waals surface area contributed by atoms with Gasteiger partial charge in [0, 0.05) is 19.2 Å². The zero-order valence-electron chi connectivity index (χ0n) is 12.9. The number of anilines is 1. The molecule has 5 heteroatoms. The predicted molar refractivity (Wildman–Crippen MR) is 85.5 cm³/mol. The first kappa shape index (κ1) is 14.2. The van der Waals surface area contributed by atoms with Crippen LogP contribution in [-0.4, -0.2) is 41.2 Å². The Balaban J connectivity index is 1.79. The highest BCUT2D eigenvalue weighted by atomic mass is 16.5. The number of benzene rings is 1. The average Bonchev–Trinajstić information content (AvgIpc) is 3.07. The number of methoxy groups -OCH3 is 1. The van der Waals surface area contributed by atoms with Gasteiger partial charge in [-0.2, -0.15) is 0 Å². The Morgan fingerprint density at radius 1 is 1.29 bits per heavy atom. The number of fused-ring (bicyclic) bond motifs is 1. The van der Waals surface area contributed by atoms with E-state index in [1.807, 2.05) is 18.2 Å². The summed E-state index contributed by atoms with van der Waals surface area (Å²) in [4.78, 5) is 6.99. The molecular weight excluding hydrogens is 264 g/mol. The fourth-order valence-corrected chi connectivity index (χ4v) is 3.22. The van der Waals surface area contributed by atoms with E-state index in [0.29, 0.717) is 11.9 Å². The maximum Gasteiger partial charge on any atom is 0.201 e. The van der Waals surface area contributed by atoms with Crippen molar-refractivity contribution in [1.82, 2.24) is 14.5 Å². The van der Waals surface area contributed by atoms with E-state index in [1.54, 1.807) is 7.11 Å². The van der Waals surface area contributed by atoms with E-state index >= 15 is 0 Å². The van der Waals surface area contributed by atoms with Crippen LogP contribution in [0.25, 0.3) is 11.0 Å². The molecule has 2 heterocycles. The number of nitrogens with zero attached hydrogens (tertiary/aromatic N) is 3. The van der Waals surface area contributed by atoms with E-state index in [0.717, 1.165) is 29.9 Å². The van der Waals surface area contributed by atoms with Gasteiger partial charge in [-0.15, -0.1) is 0 Å². The first-order valence-electron chi connectivity index (χ1n) is 7.69. The summed E-state index contributed by atoms with van der Waals surface area (Å²) in [6, 6.07) is 5.90. The van der Waals surface area contributed by atoms with Crippen molar-refractivity contribution in [3.63, 3.8) is 0 Å². The summed E-state index contributed by atoms with van der Waals surface area (Å²) in [5, 5.41) is 0. The maximum absolute atomic E-state index is 6.10. The van der Waals surface area contributed by atoms with Crippen LogP contribution in [-0.2, 0) is 6.54 Å². The standard InChI is InChI=1S/C16H24N4O/c1-12(10-19-7-3-4-8-19)11-20-15-9-13(21-2)5-6-14(15)18-16(20)17/h5-6,9,12H,3-4,7-8,10-11H2,1-2H3,(H2,17,18). The molecule has 5 nitrogen and oxygen atoms in total. The van der Waals surface area contributed by atoms with Gasteiger partial charge >= 0.3 is 0 Å². The van der Waals surface area contributed by atoms with Gasteiger partial charge in [-0.05, 0) is 44.0 Å². The third-order valence-electron chi connectivity index (χ3n) is 4.25. The number of imidazole rings is 1. The Morgan fingerprint density at radius 2 is 2.05 bits per heavy atom. The van der Waals surface area contributed by atoms with Crippen molar-refractivity contribution in [3.05, 3.63) is 18.2 Å². The van der Waals surface area contributed by atoms with E-state index < -0.39 is 0 Å². The van der Waals surface area contributed by atoms with Crippen LogP contribution >= 0.6 is 0 Å². The van der Waals surface area contributed by atoms with Gasteiger partial charge in [0.2, 0.25) is 5.95 Å². The van der Waals surface area contributed by atoms with Gasteiger partial charge in [0.1, 0.15) is 5.75 Å². The van der Waals surface area contributed by atoms with E-state index in [-0.39, 0.29) is 0 Å². The minimum Gasteiger partial charge on any atom is -0.497 e. The van der Waals surface area contributed by atoms with Crippen molar-refractivity contribution in [2.45, 2.75) is 26.3 Å². The molecule has 1 aromatic carbocycles. The molecule has 1 unspecified atom stereocenters. The highest BCUT2D eigenvalue weighted by Crippen LogP contribution is 2.24. The van der Waals surface area contributed by atoms with Gasteiger partial charge in [0.15, 0.2) is 0 Å². The second-order valence-corrected chi connectivity index (χ2v) is 6.05. The normalized spacial score (nSPS) is 17.4. The molecule has 0 saturated carbocycles. The third-order valence-corrected chi connectivity index (χ3v) is 4.25. The van der Waals surface area contributed by atoms with Crippen LogP contribution in [0.2, 0.25) is 0 Å². The Hall–Kier alpha value is -1.75. The van der Waals surface area contributed by atoms with Gasteiger partial charge in [-0.3, -0.25) is 0 Å². The van der Waals surface area contributed by atoms with Gasteiger partial charge in [0.25, 0.3) is 0 Å². The van der Waals surface area contributed by atoms with E-state index in [1.165, 1.54) is 25.9 Å². The number of nitrogens with two attached hydrogens (primary N) is 1. The summed E-state index contributed by atoms with van der Waals surface area (Å²) in [5.41, 5.74) is 8.09. The summed E-state index contributed by atoms with van der Waals surface area (Å²) < 4.78 is 7.42. The zero-order valence-corrected chi connectivity index (χ0v) is 12.9. The average molecular weight is 288 g/mol. The molecule has 0 spiro atoms. The lowest BCUT2D eigenvalue weighted by Crippen LogP contribution is -2.27. The third kappa shape index (κ3) is 2.97. The molecule has 0 amide bonds. The molecule has 0 bridgehead atoms. The Kier molecular flexibility index (Phi) is 4.01. The lowest BCUT2D eigenvalue weighted by molar-refractivity contribution is 0.273. The second-order valence-electron chi connectivity index (χ2n) is 6.05. The molecule has 114 valence electrons. The van der Waals surface area contributed by atoms with Crippen LogP contribution in [0.15, 0.2) is 18.2 Å². The van der Waals surface area contributed by atoms with E-state index in [4.69, 9.17) is 10.5 Å². The summed E-state index contributed by atoms with van der Waals surface area (Å²) >= 11 is 0. The summed E-state index contributed by atoms with van der Waals surface area (Å²) in [6.45, 7) is 6.77. The molecule has 1 fully saturated rings. The molecule has 2 N–H and O–H groups in total. The number of hydrogen-bond donors (Lipinski definition) is 1. The number of ether oxygens (including phenoxy) is 1. The minimum absolute atomic E-state index is 0.550.